The summed E-state index contributed by atoms with van der Waals surface area (Å²) >= 11 is 5.43. The molecule has 0 radical (unpaired) electrons. The summed E-state index contributed by atoms with van der Waals surface area (Å²) < 4.78 is 23.7. The molecule has 0 unspecified atom stereocenters. The molecule has 8 atom stereocenters. The number of nitrogens with one attached hydrogen (secondary N) is 2. The molecule has 0 aromatic heterocycles. The highest BCUT2D eigenvalue weighted by Gasteiger charge is 2.59. The Morgan fingerprint density at radius 3 is 1.82 bits per heavy atom. The Hall–Kier alpha value is -5.22. The van der Waals surface area contributed by atoms with Crippen LogP contribution >= 0.6 is 12.2 Å². The van der Waals surface area contributed by atoms with Crippen LogP contribution in [0.15, 0.2) is 109 Å². The lowest BCUT2D eigenvalue weighted by molar-refractivity contribution is -0.151. The standard InChI is InChI=1S/C75H106N2O7S/c1-55(2)26-25-27-56(3)67-46-47-68-66-45-36-60-54-65(48-50-74(60,4)69(66)49-51-75(67,68)5)83-70(78)31-20-16-12-8-10-14-18-24-53-82-63-43-37-61(38-44-63)76-73(85)77-71(79)58-32-41-64(42-33-58)84-72(80)59-34-39-62(40-35-59)81-52-23-17-13-9-6-7-11-15-19-28-57-29-21-22-30-57/h21-22,29-30,32-44,55-57,65-69H,6-20,23-28,31,45-54H2,1-5H3,(H2,76,77,79,85)/t56-,65+,66+,67-,68+,69+,74+,75-/m1/s1. The van der Waals surface area contributed by atoms with Crippen LogP contribution in [0.25, 0.3) is 0 Å². The number of thiocarbonyl (C=S) groups is 1. The first-order valence-corrected chi connectivity index (χ1v) is 34.3. The minimum Gasteiger partial charge on any atom is -0.494 e. The van der Waals surface area contributed by atoms with Crippen molar-refractivity contribution in [1.82, 2.24) is 5.32 Å². The zero-order valence-electron chi connectivity index (χ0n) is 52.8. The maximum atomic E-state index is 13.0. The van der Waals surface area contributed by atoms with Gasteiger partial charge >= 0.3 is 11.9 Å². The van der Waals surface area contributed by atoms with E-state index in [2.05, 4.69) is 75.6 Å². The lowest BCUT2D eigenvalue weighted by Crippen LogP contribution is -2.51. The van der Waals surface area contributed by atoms with Crippen molar-refractivity contribution in [1.29, 1.82) is 0 Å². The van der Waals surface area contributed by atoms with Gasteiger partial charge in [-0.1, -0.05) is 180 Å². The molecule has 10 heteroatoms. The number of amides is 1. The molecule has 3 saturated carbocycles. The van der Waals surface area contributed by atoms with Gasteiger partial charge in [0.15, 0.2) is 5.11 Å². The first-order chi connectivity index (χ1) is 41.3. The van der Waals surface area contributed by atoms with E-state index in [0.717, 1.165) is 110 Å². The predicted molar refractivity (Wildman–Crippen MR) is 351 cm³/mol. The molecular weight excluding hydrogens is 1070 g/mol. The zero-order valence-corrected chi connectivity index (χ0v) is 53.6. The van der Waals surface area contributed by atoms with E-state index in [1.54, 1.807) is 54.1 Å². The van der Waals surface area contributed by atoms with Crippen LogP contribution in [0, 0.1) is 52.3 Å². The average molecular weight is 1180 g/mol. The van der Waals surface area contributed by atoms with Gasteiger partial charge in [0.25, 0.3) is 5.91 Å². The summed E-state index contributed by atoms with van der Waals surface area (Å²) in [7, 11) is 0. The second-order valence-electron chi connectivity index (χ2n) is 27.2. The molecule has 1 amide bonds. The van der Waals surface area contributed by atoms with E-state index in [9.17, 15) is 14.4 Å². The van der Waals surface area contributed by atoms with E-state index in [1.807, 2.05) is 24.3 Å². The topological polar surface area (TPSA) is 112 Å². The highest BCUT2D eigenvalue weighted by molar-refractivity contribution is 7.80. The number of esters is 2. The highest BCUT2D eigenvalue weighted by atomic mass is 32.1. The lowest BCUT2D eigenvalue weighted by atomic mass is 9.47. The normalized spacial score (nSPS) is 23.6. The van der Waals surface area contributed by atoms with Gasteiger partial charge in [0.2, 0.25) is 0 Å². The number of ether oxygens (including phenoxy) is 4. The summed E-state index contributed by atoms with van der Waals surface area (Å²) in [5.41, 5.74) is 3.92. The van der Waals surface area contributed by atoms with Crippen LogP contribution in [0.4, 0.5) is 5.69 Å². The number of rotatable bonds is 35. The molecular formula is C75H106N2O7S. The summed E-state index contributed by atoms with van der Waals surface area (Å²) in [5.74, 6) is 6.70. The summed E-state index contributed by atoms with van der Waals surface area (Å²) in [6.45, 7) is 13.9. The number of carbonyl (C=O) groups excluding carboxylic acids is 3. The predicted octanol–water partition coefficient (Wildman–Crippen LogP) is 19.9. The average Bonchev–Trinajstić information content (AvgIpc) is 1.88. The number of allylic oxidation sites excluding steroid dienone is 5. The third-order valence-electron chi connectivity index (χ3n) is 20.6. The second kappa shape index (κ2) is 33.8. The van der Waals surface area contributed by atoms with Gasteiger partial charge in [-0.05, 0) is 208 Å². The van der Waals surface area contributed by atoms with Crippen molar-refractivity contribution in [3.8, 4) is 17.2 Å². The lowest BCUT2D eigenvalue weighted by Gasteiger charge is -2.58. The Bertz CT molecular complexity index is 2630. The molecule has 3 fully saturated rings. The molecule has 0 bridgehead atoms. The third-order valence-corrected chi connectivity index (χ3v) is 20.8. The minimum atomic E-state index is -0.491. The molecule has 5 aliphatic rings. The zero-order chi connectivity index (χ0) is 59.9. The largest absolute Gasteiger partial charge is 0.494 e. The van der Waals surface area contributed by atoms with Gasteiger partial charge in [-0.25, -0.2) is 4.79 Å². The number of anilines is 1. The molecule has 0 spiro atoms. The Kier molecular flexibility index (Phi) is 26.1. The van der Waals surface area contributed by atoms with Crippen molar-refractivity contribution >= 4 is 40.9 Å². The van der Waals surface area contributed by atoms with Gasteiger partial charge in [0.1, 0.15) is 23.4 Å². The van der Waals surface area contributed by atoms with Crippen LogP contribution in [0.1, 0.15) is 248 Å². The molecule has 9 nitrogen and oxygen atoms in total. The molecule has 0 saturated heterocycles. The maximum Gasteiger partial charge on any atom is 0.343 e. The van der Waals surface area contributed by atoms with E-state index in [4.69, 9.17) is 31.2 Å². The van der Waals surface area contributed by atoms with Crippen molar-refractivity contribution in [3.63, 3.8) is 0 Å². The van der Waals surface area contributed by atoms with Gasteiger partial charge in [-0.3, -0.25) is 14.9 Å². The van der Waals surface area contributed by atoms with Crippen molar-refractivity contribution < 1.29 is 33.3 Å². The van der Waals surface area contributed by atoms with Gasteiger partial charge in [0.05, 0.1) is 18.8 Å². The number of hydrogen-bond donors (Lipinski definition) is 2. The van der Waals surface area contributed by atoms with E-state index in [-0.39, 0.29) is 28.5 Å². The van der Waals surface area contributed by atoms with Crippen molar-refractivity contribution in [3.05, 3.63) is 120 Å². The SMILES string of the molecule is CC(C)CCC[C@@H](C)[C@H]1CC[C@H]2[C@@H]3CC=C4C[C@@H](OC(=O)CCCCCCCCCCOc5ccc(NC(=S)NC(=O)c6ccc(OC(=O)c7ccc(OCCCCCCCCCCCC8C=CC=C8)cc7)cc6)cc5)CC[C@]4(C)[C@H]3CC[C@]12C. The summed E-state index contributed by atoms with van der Waals surface area (Å²) in [4.78, 5) is 38.9. The van der Waals surface area contributed by atoms with Crippen molar-refractivity contribution in [2.75, 3.05) is 18.5 Å². The van der Waals surface area contributed by atoms with Gasteiger partial charge in [-0.15, -0.1) is 0 Å². The number of fused-ring (bicyclic) bond motifs is 5. The highest BCUT2D eigenvalue weighted by Crippen LogP contribution is 2.67. The smallest absolute Gasteiger partial charge is 0.343 e. The summed E-state index contributed by atoms with van der Waals surface area (Å²) in [5, 5.41) is 5.95. The van der Waals surface area contributed by atoms with Gasteiger partial charge in [-0.2, -0.15) is 0 Å². The Labute approximate surface area is 518 Å². The Balaban J connectivity index is 0.605. The quantitative estimate of drug-likeness (QED) is 0.0195. The number of benzene rings is 3. The Morgan fingerprint density at radius 1 is 0.612 bits per heavy atom. The molecule has 0 aliphatic heterocycles. The second-order valence-corrected chi connectivity index (χ2v) is 27.6. The molecule has 5 aliphatic carbocycles. The molecule has 8 rings (SSSR count). The molecule has 85 heavy (non-hydrogen) atoms. The van der Waals surface area contributed by atoms with Gasteiger partial charge < -0.3 is 24.3 Å². The summed E-state index contributed by atoms with van der Waals surface area (Å²) in [6.07, 6.45) is 47.8. The van der Waals surface area contributed by atoms with E-state index < -0.39 is 5.97 Å². The fraction of sp³-hybridized carbons (Fsp3) is 0.627. The van der Waals surface area contributed by atoms with Crippen LogP contribution < -0.4 is 24.8 Å². The monoisotopic (exact) mass is 1180 g/mol. The van der Waals surface area contributed by atoms with Crippen LogP contribution in [-0.4, -0.2) is 42.3 Å². The Morgan fingerprint density at radius 2 is 1.19 bits per heavy atom. The molecule has 2 N–H and O–H groups in total. The first kappa shape index (κ1) is 65.7. The fourth-order valence-electron chi connectivity index (χ4n) is 15.7. The number of unbranched alkanes of at least 4 members (excludes halogenated alkanes) is 15. The van der Waals surface area contributed by atoms with Crippen molar-refractivity contribution in [2.24, 2.45) is 52.3 Å². The maximum absolute atomic E-state index is 13.0. The van der Waals surface area contributed by atoms with Crippen LogP contribution in [0.3, 0.4) is 0 Å². The molecule has 3 aromatic rings. The van der Waals surface area contributed by atoms with E-state index in [0.29, 0.717) is 47.8 Å². The summed E-state index contributed by atoms with van der Waals surface area (Å²) in [6, 6.07) is 20.9. The van der Waals surface area contributed by atoms with E-state index in [1.165, 1.54) is 128 Å². The van der Waals surface area contributed by atoms with Gasteiger partial charge in [0, 0.05) is 24.1 Å². The third kappa shape index (κ3) is 19.9. The van der Waals surface area contributed by atoms with Crippen molar-refractivity contribution in [2.45, 2.75) is 233 Å². The molecule has 3 aromatic carbocycles. The van der Waals surface area contributed by atoms with Crippen LogP contribution in [0.5, 0.6) is 17.2 Å². The van der Waals surface area contributed by atoms with Crippen LogP contribution in [0.2, 0.25) is 0 Å². The van der Waals surface area contributed by atoms with E-state index >= 15 is 0 Å². The molecule has 464 valence electrons. The number of hydrogen-bond acceptors (Lipinski definition) is 8. The molecule has 0 heterocycles. The number of carbonyl (C=O) groups is 3. The first-order valence-electron chi connectivity index (χ1n) is 33.9. The van der Waals surface area contributed by atoms with Crippen LogP contribution in [-0.2, 0) is 9.53 Å². The fourth-order valence-corrected chi connectivity index (χ4v) is 15.9. The minimum absolute atomic E-state index is 0.00389.